The minimum absolute atomic E-state index is 0.214. The molecule has 0 saturated carbocycles. The number of halogens is 3. The number of carbonyl (C=O) groups is 2. The summed E-state index contributed by atoms with van der Waals surface area (Å²) in [5, 5.41) is 9.43. The lowest BCUT2D eigenvalue weighted by atomic mass is 10.3. The maximum Gasteiger partial charge on any atom is 0.270 e. The van der Waals surface area contributed by atoms with Crippen LogP contribution >= 0.6 is 34.8 Å². The Morgan fingerprint density at radius 3 is 2.63 bits per heavy atom. The van der Waals surface area contributed by atoms with E-state index in [4.69, 9.17) is 44.4 Å². The molecule has 0 aliphatic rings. The van der Waals surface area contributed by atoms with E-state index in [2.05, 4.69) is 15.8 Å². The van der Waals surface area contributed by atoms with Crippen molar-refractivity contribution < 1.29 is 19.2 Å². The maximum absolute atomic E-state index is 11.8. The lowest BCUT2D eigenvalue weighted by molar-refractivity contribution is -0.120. The van der Waals surface area contributed by atoms with Crippen molar-refractivity contribution in [2.45, 2.75) is 0 Å². The minimum Gasteiger partial charge on any atom is -0.495 e. The lowest BCUT2D eigenvalue weighted by Crippen LogP contribution is -2.18. The first-order valence-electron chi connectivity index (χ1n) is 7.44. The Labute approximate surface area is 170 Å². The van der Waals surface area contributed by atoms with Crippen LogP contribution in [0.4, 0.5) is 11.4 Å². The van der Waals surface area contributed by atoms with Gasteiger partial charge in [0.05, 0.1) is 28.5 Å². The van der Waals surface area contributed by atoms with E-state index < -0.39 is 18.4 Å². The topological polar surface area (TPSA) is 89.0 Å². The van der Waals surface area contributed by atoms with Crippen molar-refractivity contribution in [2.24, 2.45) is 5.16 Å². The fourth-order valence-corrected chi connectivity index (χ4v) is 2.43. The number of methoxy groups -OCH3 is 1. The second-order valence-corrected chi connectivity index (χ2v) is 6.21. The van der Waals surface area contributed by atoms with Gasteiger partial charge in [0.15, 0.2) is 6.61 Å². The van der Waals surface area contributed by atoms with Crippen LogP contribution in [-0.4, -0.2) is 31.7 Å². The SMILES string of the molecule is COc1ccc(Cl)cc1NC(=O)C=NOCC(=O)Nc1cccc(Cl)c1Cl. The Bertz CT molecular complexity index is 874. The Morgan fingerprint density at radius 2 is 1.89 bits per heavy atom. The van der Waals surface area contributed by atoms with Crippen molar-refractivity contribution in [3.8, 4) is 5.75 Å². The molecule has 2 N–H and O–H groups in total. The molecule has 2 aromatic rings. The van der Waals surface area contributed by atoms with E-state index >= 15 is 0 Å². The Morgan fingerprint density at radius 1 is 1.11 bits per heavy atom. The van der Waals surface area contributed by atoms with Gasteiger partial charge in [0.1, 0.15) is 12.0 Å². The summed E-state index contributed by atoms with van der Waals surface area (Å²) in [6, 6.07) is 9.57. The zero-order chi connectivity index (χ0) is 19.8. The van der Waals surface area contributed by atoms with Crippen LogP contribution in [0.15, 0.2) is 41.6 Å². The van der Waals surface area contributed by atoms with Gasteiger partial charge in [-0.05, 0) is 30.3 Å². The maximum atomic E-state index is 11.8. The summed E-state index contributed by atoms with van der Waals surface area (Å²) >= 11 is 17.7. The smallest absolute Gasteiger partial charge is 0.270 e. The van der Waals surface area contributed by atoms with E-state index in [1.165, 1.54) is 13.2 Å². The molecule has 0 heterocycles. The van der Waals surface area contributed by atoms with Gasteiger partial charge in [-0.3, -0.25) is 9.59 Å². The number of benzene rings is 2. The zero-order valence-electron chi connectivity index (χ0n) is 14.0. The van der Waals surface area contributed by atoms with Gasteiger partial charge in [-0.1, -0.05) is 46.0 Å². The van der Waals surface area contributed by atoms with Gasteiger partial charge in [0.25, 0.3) is 11.8 Å². The number of rotatable bonds is 7. The molecule has 2 rings (SSSR count). The van der Waals surface area contributed by atoms with E-state index in [-0.39, 0.29) is 5.02 Å². The second kappa shape index (κ2) is 10.0. The normalized spacial score (nSPS) is 10.5. The molecule has 0 aliphatic heterocycles. The van der Waals surface area contributed by atoms with Crippen LogP contribution in [0, 0.1) is 0 Å². The third kappa shape index (κ3) is 6.32. The number of oxime groups is 1. The van der Waals surface area contributed by atoms with Gasteiger partial charge < -0.3 is 20.2 Å². The Kier molecular flexibility index (Phi) is 7.72. The van der Waals surface area contributed by atoms with Crippen LogP contribution in [-0.2, 0) is 14.4 Å². The predicted molar refractivity (Wildman–Crippen MR) is 106 cm³/mol. The molecule has 0 aromatic heterocycles. The summed E-state index contributed by atoms with van der Waals surface area (Å²) in [6.07, 6.45) is 0.875. The summed E-state index contributed by atoms with van der Waals surface area (Å²) < 4.78 is 5.11. The van der Waals surface area contributed by atoms with Gasteiger partial charge in [-0.2, -0.15) is 0 Å². The molecule has 2 amide bonds. The number of ether oxygens (including phenoxy) is 1. The summed E-state index contributed by atoms with van der Waals surface area (Å²) in [7, 11) is 1.46. The summed E-state index contributed by atoms with van der Waals surface area (Å²) in [5.41, 5.74) is 0.710. The zero-order valence-corrected chi connectivity index (χ0v) is 16.2. The highest BCUT2D eigenvalue weighted by Crippen LogP contribution is 2.29. The first-order chi connectivity index (χ1) is 12.9. The van der Waals surface area contributed by atoms with Crippen LogP contribution < -0.4 is 15.4 Å². The highest BCUT2D eigenvalue weighted by atomic mass is 35.5. The average molecular weight is 431 g/mol. The molecule has 2 aromatic carbocycles. The molecular weight excluding hydrogens is 417 g/mol. The molecule has 7 nitrogen and oxygen atoms in total. The fourth-order valence-electron chi connectivity index (χ4n) is 1.91. The third-order valence-electron chi connectivity index (χ3n) is 3.09. The van der Waals surface area contributed by atoms with Crippen LogP contribution in [0.1, 0.15) is 0 Å². The molecule has 0 spiro atoms. The fraction of sp³-hybridized carbons (Fsp3) is 0.118. The van der Waals surface area contributed by atoms with Crippen LogP contribution in [0.5, 0.6) is 5.75 Å². The monoisotopic (exact) mass is 429 g/mol. The van der Waals surface area contributed by atoms with E-state index in [1.54, 1.807) is 30.3 Å². The largest absolute Gasteiger partial charge is 0.495 e. The van der Waals surface area contributed by atoms with Gasteiger partial charge in [0.2, 0.25) is 0 Å². The summed E-state index contributed by atoms with van der Waals surface area (Å²) in [6.45, 7) is -0.424. The van der Waals surface area contributed by atoms with Crippen molar-refractivity contribution in [2.75, 3.05) is 24.4 Å². The van der Waals surface area contributed by atoms with E-state index in [1.807, 2.05) is 0 Å². The van der Waals surface area contributed by atoms with Crippen LogP contribution in [0.3, 0.4) is 0 Å². The summed E-state index contributed by atoms with van der Waals surface area (Å²) in [5.74, 6) is -0.679. The number of anilines is 2. The molecule has 0 saturated heterocycles. The van der Waals surface area contributed by atoms with E-state index in [0.717, 1.165) is 6.21 Å². The molecule has 0 unspecified atom stereocenters. The first kappa shape index (κ1) is 20.8. The van der Waals surface area contributed by atoms with Crippen LogP contribution in [0.2, 0.25) is 15.1 Å². The van der Waals surface area contributed by atoms with Crippen LogP contribution in [0.25, 0.3) is 0 Å². The third-order valence-corrected chi connectivity index (χ3v) is 4.14. The quantitative estimate of drug-likeness (QED) is 0.508. The van der Waals surface area contributed by atoms with Gasteiger partial charge in [0, 0.05) is 5.02 Å². The molecule has 27 heavy (non-hydrogen) atoms. The molecule has 142 valence electrons. The predicted octanol–water partition coefficient (Wildman–Crippen LogP) is 4.24. The minimum atomic E-state index is -0.589. The van der Waals surface area contributed by atoms with Gasteiger partial charge in [-0.25, -0.2) is 0 Å². The number of nitrogens with one attached hydrogen (secondary N) is 2. The van der Waals surface area contributed by atoms with Gasteiger partial charge >= 0.3 is 0 Å². The van der Waals surface area contributed by atoms with Crippen molar-refractivity contribution in [3.63, 3.8) is 0 Å². The Hall–Kier alpha value is -2.48. The number of hydrogen-bond donors (Lipinski definition) is 2. The second-order valence-electron chi connectivity index (χ2n) is 4.99. The van der Waals surface area contributed by atoms with Crippen molar-refractivity contribution in [3.05, 3.63) is 51.5 Å². The number of carbonyl (C=O) groups excluding carboxylic acids is 2. The highest BCUT2D eigenvalue weighted by Gasteiger charge is 2.09. The lowest BCUT2D eigenvalue weighted by Gasteiger charge is -2.08. The van der Waals surface area contributed by atoms with Crippen molar-refractivity contribution in [1.82, 2.24) is 0 Å². The number of nitrogens with zero attached hydrogens (tertiary/aromatic N) is 1. The summed E-state index contributed by atoms with van der Waals surface area (Å²) in [4.78, 5) is 28.4. The van der Waals surface area contributed by atoms with E-state index in [9.17, 15) is 9.59 Å². The Balaban J connectivity index is 1.83. The molecule has 0 aliphatic carbocycles. The number of hydrogen-bond acceptors (Lipinski definition) is 5. The molecule has 0 atom stereocenters. The van der Waals surface area contributed by atoms with E-state index in [0.29, 0.717) is 27.2 Å². The highest BCUT2D eigenvalue weighted by molar-refractivity contribution is 6.44. The molecule has 10 heteroatoms. The standard InChI is InChI=1S/C17H14Cl3N3O4/c1-26-14-6-5-10(18)7-13(14)23-15(24)8-21-27-9-16(25)22-12-4-2-3-11(19)17(12)20/h2-8H,9H2,1H3,(H,22,25)(H,23,24). The molecule has 0 radical (unpaired) electrons. The molecular formula is C17H14Cl3N3O4. The first-order valence-corrected chi connectivity index (χ1v) is 8.58. The molecule has 0 fully saturated rings. The average Bonchev–Trinajstić information content (AvgIpc) is 2.63. The number of amides is 2. The van der Waals surface area contributed by atoms with Gasteiger partial charge in [-0.15, -0.1) is 0 Å². The van der Waals surface area contributed by atoms with Crippen molar-refractivity contribution in [1.29, 1.82) is 0 Å². The molecule has 0 bridgehead atoms. The van der Waals surface area contributed by atoms with Crippen molar-refractivity contribution >= 4 is 64.2 Å².